The second kappa shape index (κ2) is 4.91. The predicted molar refractivity (Wildman–Crippen MR) is 65.5 cm³/mol. The van der Waals surface area contributed by atoms with E-state index in [1.165, 1.54) is 0 Å². The van der Waals surface area contributed by atoms with Gasteiger partial charge in [-0.25, -0.2) is 9.37 Å². The SMILES string of the molecule is N=c1c2ncn([C@@H]3O[C@H](CO)[C@@H](O)[C@H]3F)c2nc(Cl)n1O. The quantitative estimate of drug-likeness (QED) is 0.423. The Morgan fingerprint density at radius 3 is 2.86 bits per heavy atom. The van der Waals surface area contributed by atoms with Crippen LogP contribution in [-0.2, 0) is 4.74 Å². The van der Waals surface area contributed by atoms with Gasteiger partial charge in [0.1, 0.15) is 12.2 Å². The molecule has 0 saturated carbocycles. The van der Waals surface area contributed by atoms with E-state index >= 15 is 0 Å². The molecule has 21 heavy (non-hydrogen) atoms. The van der Waals surface area contributed by atoms with Crippen LogP contribution in [0.2, 0.25) is 5.28 Å². The lowest BCUT2D eigenvalue weighted by atomic mass is 10.1. The summed E-state index contributed by atoms with van der Waals surface area (Å²) in [4.78, 5) is 7.68. The van der Waals surface area contributed by atoms with Gasteiger partial charge in [0.05, 0.1) is 12.9 Å². The van der Waals surface area contributed by atoms with E-state index in [0.29, 0.717) is 4.73 Å². The molecule has 0 radical (unpaired) electrons. The number of imidazole rings is 1. The molecular formula is C10H11ClFN5O4. The summed E-state index contributed by atoms with van der Waals surface area (Å²) in [5, 5.41) is 35.4. The number of alkyl halides is 1. The fraction of sp³-hybridized carbons (Fsp3) is 0.500. The van der Waals surface area contributed by atoms with Gasteiger partial charge >= 0.3 is 0 Å². The first kappa shape index (κ1) is 14.2. The lowest BCUT2D eigenvalue weighted by Gasteiger charge is -2.15. The topological polar surface area (TPSA) is 129 Å². The lowest BCUT2D eigenvalue weighted by Crippen LogP contribution is -2.30. The van der Waals surface area contributed by atoms with Gasteiger partial charge in [0.25, 0.3) is 0 Å². The van der Waals surface area contributed by atoms with E-state index in [9.17, 15) is 14.7 Å². The molecule has 1 saturated heterocycles. The van der Waals surface area contributed by atoms with Crippen LogP contribution in [-0.4, -0.2) is 59.7 Å². The normalized spacial score (nSPS) is 29.3. The second-order valence-electron chi connectivity index (χ2n) is 4.55. The number of rotatable bonds is 2. The van der Waals surface area contributed by atoms with Crippen LogP contribution < -0.4 is 5.49 Å². The van der Waals surface area contributed by atoms with Crippen molar-refractivity contribution in [2.24, 2.45) is 0 Å². The molecule has 0 amide bonds. The molecule has 4 N–H and O–H groups in total. The van der Waals surface area contributed by atoms with Gasteiger partial charge < -0.3 is 20.2 Å². The highest BCUT2D eigenvalue weighted by atomic mass is 35.5. The lowest BCUT2D eigenvalue weighted by molar-refractivity contribution is -0.0459. The van der Waals surface area contributed by atoms with Crippen LogP contribution in [0.1, 0.15) is 6.23 Å². The van der Waals surface area contributed by atoms with Gasteiger partial charge in [-0.1, -0.05) is 0 Å². The standard InChI is InChI=1S/C10H11ClFN5O4/c11-10-15-8-5(7(13)17(10)20)14-2-16(8)9-4(12)6(19)3(1-18)21-9/h2-4,6,9,13,18-20H,1H2/t3-,4-,6-,9-/m1/s1. The summed E-state index contributed by atoms with van der Waals surface area (Å²) in [5.74, 6) is 0. The van der Waals surface area contributed by atoms with E-state index < -0.39 is 42.0 Å². The van der Waals surface area contributed by atoms with Gasteiger partial charge in [0, 0.05) is 0 Å². The largest absolute Gasteiger partial charge is 0.424 e. The van der Waals surface area contributed by atoms with Gasteiger partial charge in [0.2, 0.25) is 5.28 Å². The van der Waals surface area contributed by atoms with Crippen molar-refractivity contribution in [1.29, 1.82) is 5.41 Å². The number of nitrogens with one attached hydrogen (secondary N) is 1. The van der Waals surface area contributed by atoms with Crippen molar-refractivity contribution in [3.8, 4) is 0 Å². The van der Waals surface area contributed by atoms with Crippen LogP contribution in [0.5, 0.6) is 0 Å². The summed E-state index contributed by atoms with van der Waals surface area (Å²) in [6, 6.07) is 0. The summed E-state index contributed by atoms with van der Waals surface area (Å²) in [5.41, 5.74) is -0.412. The number of aliphatic hydroxyl groups is 2. The number of hydrogen-bond donors (Lipinski definition) is 4. The van der Waals surface area contributed by atoms with Crippen molar-refractivity contribution >= 4 is 22.8 Å². The Hall–Kier alpha value is -1.75. The van der Waals surface area contributed by atoms with Gasteiger partial charge in [-0.05, 0) is 11.6 Å². The summed E-state index contributed by atoms with van der Waals surface area (Å²) < 4.78 is 20.8. The van der Waals surface area contributed by atoms with Gasteiger partial charge in [-0.3, -0.25) is 9.98 Å². The molecule has 2 aromatic rings. The number of aromatic nitrogens is 4. The molecule has 1 aliphatic heterocycles. The number of fused-ring (bicyclic) bond motifs is 1. The van der Waals surface area contributed by atoms with Crippen molar-refractivity contribution in [2.75, 3.05) is 6.61 Å². The summed E-state index contributed by atoms with van der Waals surface area (Å²) in [6.45, 7) is -0.542. The van der Waals surface area contributed by atoms with E-state index in [4.69, 9.17) is 26.9 Å². The minimum atomic E-state index is -1.81. The number of nitrogens with zero attached hydrogens (tertiary/aromatic N) is 4. The van der Waals surface area contributed by atoms with E-state index in [0.717, 1.165) is 10.9 Å². The highest BCUT2D eigenvalue weighted by Gasteiger charge is 2.45. The molecule has 114 valence electrons. The third kappa shape index (κ3) is 1.99. The summed E-state index contributed by atoms with van der Waals surface area (Å²) >= 11 is 5.67. The molecule has 3 heterocycles. The maximum absolute atomic E-state index is 14.1. The first-order valence-electron chi connectivity index (χ1n) is 5.93. The van der Waals surface area contributed by atoms with E-state index in [1.807, 2.05) is 0 Å². The van der Waals surface area contributed by atoms with Crippen molar-refractivity contribution in [2.45, 2.75) is 24.6 Å². The molecule has 0 spiro atoms. The maximum Gasteiger partial charge on any atom is 0.240 e. The third-order valence-corrected chi connectivity index (χ3v) is 3.57. The van der Waals surface area contributed by atoms with E-state index in [1.54, 1.807) is 0 Å². The molecule has 11 heteroatoms. The second-order valence-corrected chi connectivity index (χ2v) is 4.89. The Morgan fingerprint density at radius 1 is 1.52 bits per heavy atom. The monoisotopic (exact) mass is 319 g/mol. The van der Waals surface area contributed by atoms with E-state index in [-0.39, 0.29) is 11.2 Å². The Labute approximate surface area is 121 Å². The number of hydrogen-bond acceptors (Lipinski definition) is 7. The van der Waals surface area contributed by atoms with Crippen LogP contribution in [0, 0.1) is 5.41 Å². The van der Waals surface area contributed by atoms with Crippen LogP contribution >= 0.6 is 11.6 Å². The first-order chi connectivity index (χ1) is 9.95. The predicted octanol–water partition coefficient (Wildman–Crippen LogP) is -0.808. The number of halogens is 2. The van der Waals surface area contributed by atoms with Gasteiger partial charge in [-0.2, -0.15) is 4.98 Å². The molecule has 4 atom stereocenters. The summed E-state index contributed by atoms with van der Waals surface area (Å²) in [6.07, 6.45) is -4.47. The molecule has 2 aromatic heterocycles. The van der Waals surface area contributed by atoms with Crippen LogP contribution in [0.15, 0.2) is 6.33 Å². The van der Waals surface area contributed by atoms with Gasteiger partial charge in [0.15, 0.2) is 29.1 Å². The Balaban J connectivity index is 2.12. The zero-order chi connectivity index (χ0) is 15.3. The molecule has 0 aliphatic carbocycles. The molecule has 9 nitrogen and oxygen atoms in total. The van der Waals surface area contributed by atoms with Crippen molar-refractivity contribution in [1.82, 2.24) is 19.3 Å². The zero-order valence-electron chi connectivity index (χ0n) is 10.4. The minimum absolute atomic E-state index is 0.0142. The molecule has 0 bridgehead atoms. The van der Waals surface area contributed by atoms with Crippen LogP contribution in [0.4, 0.5) is 4.39 Å². The third-order valence-electron chi connectivity index (χ3n) is 3.32. The van der Waals surface area contributed by atoms with Crippen LogP contribution in [0.3, 0.4) is 0 Å². The summed E-state index contributed by atoms with van der Waals surface area (Å²) in [7, 11) is 0. The zero-order valence-corrected chi connectivity index (χ0v) is 11.1. The average molecular weight is 320 g/mol. The van der Waals surface area contributed by atoms with Gasteiger partial charge in [-0.15, -0.1) is 4.73 Å². The smallest absolute Gasteiger partial charge is 0.240 e. The highest BCUT2D eigenvalue weighted by molar-refractivity contribution is 6.28. The molecule has 0 aromatic carbocycles. The Bertz CT molecular complexity index is 749. The van der Waals surface area contributed by atoms with Crippen molar-refractivity contribution in [3.63, 3.8) is 0 Å². The van der Waals surface area contributed by atoms with E-state index in [2.05, 4.69) is 9.97 Å². The molecule has 1 aliphatic rings. The molecule has 1 fully saturated rings. The average Bonchev–Trinajstić information content (AvgIpc) is 2.99. The van der Waals surface area contributed by atoms with Crippen molar-refractivity contribution < 1.29 is 24.5 Å². The fourth-order valence-corrected chi connectivity index (χ4v) is 2.39. The maximum atomic E-state index is 14.1. The van der Waals surface area contributed by atoms with Crippen LogP contribution in [0.25, 0.3) is 11.2 Å². The van der Waals surface area contributed by atoms with Crippen molar-refractivity contribution in [3.05, 3.63) is 17.1 Å². The highest BCUT2D eigenvalue weighted by Crippen LogP contribution is 2.33. The first-order valence-corrected chi connectivity index (χ1v) is 6.31. The fourth-order valence-electron chi connectivity index (χ4n) is 2.22. The minimum Gasteiger partial charge on any atom is -0.424 e. The number of ether oxygens (including phenoxy) is 1. The molecular weight excluding hydrogens is 309 g/mol. The molecule has 3 rings (SSSR count). The Morgan fingerprint density at radius 2 is 2.24 bits per heavy atom. The Kier molecular flexibility index (Phi) is 3.32. The number of aliphatic hydroxyl groups excluding tert-OH is 2. The molecule has 0 unspecified atom stereocenters.